The Morgan fingerprint density at radius 3 is 3.20 bits per heavy atom. The second-order valence-corrected chi connectivity index (χ2v) is 6.07. The number of amides is 1. The fourth-order valence-corrected chi connectivity index (χ4v) is 3.61. The van der Waals surface area contributed by atoms with E-state index in [1.807, 2.05) is 17.0 Å². The van der Waals surface area contributed by atoms with Crippen LogP contribution in [0.2, 0.25) is 0 Å². The zero-order valence-electron chi connectivity index (χ0n) is 11.4. The molecule has 1 amide bonds. The number of tetrazole rings is 1. The fraction of sp³-hybridized carbons (Fsp3) is 0.538. The third kappa shape index (κ3) is 2.45. The molecule has 1 N–H and O–H groups in total. The average Bonchev–Trinajstić information content (AvgIpc) is 3.19. The number of carbonyl (C=O) groups excluding carboxylic acids is 1. The number of likely N-dealkylation sites (tertiary alicyclic amines) is 1. The molecule has 1 atom stereocenters. The second-order valence-electron chi connectivity index (χ2n) is 4.98. The van der Waals surface area contributed by atoms with Gasteiger partial charge in [-0.3, -0.25) is 4.79 Å². The van der Waals surface area contributed by atoms with Crippen LogP contribution in [0, 0.1) is 0 Å². The first-order chi connectivity index (χ1) is 9.79. The van der Waals surface area contributed by atoms with Gasteiger partial charge in [0.1, 0.15) is 0 Å². The van der Waals surface area contributed by atoms with Crippen molar-refractivity contribution in [1.29, 1.82) is 0 Å². The van der Waals surface area contributed by atoms with Crippen molar-refractivity contribution in [1.82, 2.24) is 25.5 Å². The number of nitrogens with zero attached hydrogens (tertiary/aromatic N) is 4. The molecule has 7 heteroatoms. The minimum Gasteiger partial charge on any atom is -0.335 e. The molecule has 3 rings (SSSR count). The van der Waals surface area contributed by atoms with Gasteiger partial charge in [0, 0.05) is 12.6 Å². The molecule has 1 saturated heterocycles. The van der Waals surface area contributed by atoms with Gasteiger partial charge in [0.2, 0.25) is 5.82 Å². The molecule has 0 spiro atoms. The third-order valence-corrected chi connectivity index (χ3v) is 4.71. The molecule has 6 nitrogen and oxygen atoms in total. The van der Waals surface area contributed by atoms with Gasteiger partial charge in [-0.05, 0) is 36.6 Å². The van der Waals surface area contributed by atoms with Crippen LogP contribution in [-0.4, -0.2) is 44.0 Å². The summed E-state index contributed by atoms with van der Waals surface area (Å²) in [6, 6.07) is 4.15. The Morgan fingerprint density at radius 1 is 1.55 bits per heavy atom. The maximum absolute atomic E-state index is 12.6. The van der Waals surface area contributed by atoms with E-state index < -0.39 is 0 Å². The predicted octanol–water partition coefficient (Wildman–Crippen LogP) is 2.33. The van der Waals surface area contributed by atoms with Gasteiger partial charge in [-0.2, -0.15) is 5.21 Å². The molecule has 0 aliphatic carbocycles. The first kappa shape index (κ1) is 13.2. The zero-order valence-corrected chi connectivity index (χ0v) is 12.2. The van der Waals surface area contributed by atoms with Gasteiger partial charge in [0.25, 0.3) is 5.91 Å². The lowest BCUT2D eigenvalue weighted by molar-refractivity contribution is 0.0735. The maximum atomic E-state index is 12.6. The van der Waals surface area contributed by atoms with Crippen LogP contribution in [0.5, 0.6) is 0 Å². The molecule has 0 radical (unpaired) electrons. The molecule has 2 aromatic heterocycles. The number of carbonyl (C=O) groups is 1. The highest BCUT2D eigenvalue weighted by atomic mass is 32.1. The lowest BCUT2D eigenvalue weighted by atomic mass is 10.1. The smallest absolute Gasteiger partial charge is 0.264 e. The number of nitrogens with one attached hydrogen (secondary N) is 1. The molecule has 1 unspecified atom stereocenters. The lowest BCUT2D eigenvalue weighted by Crippen LogP contribution is -2.34. The van der Waals surface area contributed by atoms with Crippen LogP contribution in [0.15, 0.2) is 12.1 Å². The number of aromatic nitrogens is 4. The summed E-state index contributed by atoms with van der Waals surface area (Å²) in [6.07, 6.45) is 4.45. The second kappa shape index (κ2) is 5.70. The van der Waals surface area contributed by atoms with Crippen molar-refractivity contribution in [3.63, 3.8) is 0 Å². The van der Waals surface area contributed by atoms with Crippen LogP contribution < -0.4 is 0 Å². The van der Waals surface area contributed by atoms with Crippen molar-refractivity contribution in [2.75, 3.05) is 6.54 Å². The quantitative estimate of drug-likeness (QED) is 0.938. The van der Waals surface area contributed by atoms with E-state index in [-0.39, 0.29) is 5.91 Å². The summed E-state index contributed by atoms with van der Waals surface area (Å²) in [4.78, 5) is 16.2. The van der Waals surface area contributed by atoms with Gasteiger partial charge in [-0.25, -0.2) is 0 Å². The monoisotopic (exact) mass is 291 g/mol. The van der Waals surface area contributed by atoms with Crippen LogP contribution in [0.4, 0.5) is 0 Å². The van der Waals surface area contributed by atoms with E-state index in [1.54, 1.807) is 0 Å². The standard InChI is InChI=1S/C13H17N5OS/c1-2-4-9-5-3-8-18(9)13(19)11-7-6-10(20-11)12-14-16-17-15-12/h6-7,9H,2-5,8H2,1H3,(H,14,15,16,17). The van der Waals surface area contributed by atoms with Crippen molar-refractivity contribution in [3.05, 3.63) is 17.0 Å². The van der Waals surface area contributed by atoms with Gasteiger partial charge in [0.15, 0.2) is 0 Å². The van der Waals surface area contributed by atoms with Crippen LogP contribution in [0.25, 0.3) is 10.7 Å². The number of hydrogen-bond acceptors (Lipinski definition) is 5. The SMILES string of the molecule is CCCC1CCCN1C(=O)c1ccc(-c2nn[nH]n2)s1. The summed E-state index contributed by atoms with van der Waals surface area (Å²) in [5.74, 6) is 0.682. The Balaban J connectivity index is 1.77. The van der Waals surface area contributed by atoms with Crippen molar-refractivity contribution in [3.8, 4) is 10.7 Å². The third-order valence-electron chi connectivity index (χ3n) is 3.64. The minimum absolute atomic E-state index is 0.140. The molecule has 1 aliphatic heterocycles. The zero-order chi connectivity index (χ0) is 13.9. The Morgan fingerprint density at radius 2 is 2.45 bits per heavy atom. The fourth-order valence-electron chi connectivity index (χ4n) is 2.72. The van der Waals surface area contributed by atoms with Crippen molar-refractivity contribution < 1.29 is 4.79 Å². The molecule has 1 aliphatic rings. The molecule has 106 valence electrons. The highest BCUT2D eigenvalue weighted by Crippen LogP contribution is 2.29. The Bertz CT molecular complexity index is 579. The van der Waals surface area contributed by atoms with E-state index in [0.717, 1.165) is 42.0 Å². The van der Waals surface area contributed by atoms with Crippen LogP contribution >= 0.6 is 11.3 Å². The molecule has 0 aromatic carbocycles. The number of aromatic amines is 1. The van der Waals surface area contributed by atoms with Crippen LogP contribution in [0.3, 0.4) is 0 Å². The van der Waals surface area contributed by atoms with Gasteiger partial charge < -0.3 is 4.90 Å². The highest BCUT2D eigenvalue weighted by Gasteiger charge is 2.29. The number of rotatable bonds is 4. The molecule has 0 saturated carbocycles. The average molecular weight is 291 g/mol. The molecular weight excluding hydrogens is 274 g/mol. The predicted molar refractivity (Wildman–Crippen MR) is 76.5 cm³/mol. The molecule has 0 bridgehead atoms. The molecule has 1 fully saturated rings. The van der Waals surface area contributed by atoms with Gasteiger partial charge >= 0.3 is 0 Å². The van der Waals surface area contributed by atoms with Gasteiger partial charge in [-0.1, -0.05) is 13.3 Å². The minimum atomic E-state index is 0.140. The van der Waals surface area contributed by atoms with E-state index in [1.165, 1.54) is 11.3 Å². The molecule has 3 heterocycles. The topological polar surface area (TPSA) is 74.8 Å². The molecule has 2 aromatic rings. The highest BCUT2D eigenvalue weighted by molar-refractivity contribution is 7.17. The van der Waals surface area contributed by atoms with E-state index in [4.69, 9.17) is 0 Å². The lowest BCUT2D eigenvalue weighted by Gasteiger charge is -2.23. The van der Waals surface area contributed by atoms with Crippen molar-refractivity contribution in [2.45, 2.75) is 38.6 Å². The number of hydrogen-bond donors (Lipinski definition) is 1. The molecule has 20 heavy (non-hydrogen) atoms. The summed E-state index contributed by atoms with van der Waals surface area (Å²) in [6.45, 7) is 3.04. The number of thiophene rings is 1. The Labute approximate surface area is 121 Å². The Kier molecular flexibility index (Phi) is 3.77. The normalized spacial score (nSPS) is 18.6. The van der Waals surface area contributed by atoms with E-state index >= 15 is 0 Å². The summed E-state index contributed by atoms with van der Waals surface area (Å²) in [5.41, 5.74) is 0. The maximum Gasteiger partial charge on any atom is 0.264 e. The van der Waals surface area contributed by atoms with E-state index in [9.17, 15) is 4.79 Å². The summed E-state index contributed by atoms with van der Waals surface area (Å²) in [7, 11) is 0. The largest absolute Gasteiger partial charge is 0.335 e. The van der Waals surface area contributed by atoms with Crippen molar-refractivity contribution >= 4 is 17.2 Å². The van der Waals surface area contributed by atoms with Crippen LogP contribution in [-0.2, 0) is 0 Å². The summed E-state index contributed by atoms with van der Waals surface area (Å²) >= 11 is 1.43. The van der Waals surface area contributed by atoms with Gasteiger partial charge in [0.05, 0.1) is 9.75 Å². The van der Waals surface area contributed by atoms with Gasteiger partial charge in [-0.15, -0.1) is 21.5 Å². The van der Waals surface area contributed by atoms with Crippen LogP contribution in [0.1, 0.15) is 42.3 Å². The number of H-pyrrole nitrogens is 1. The summed E-state index contributed by atoms with van der Waals surface area (Å²) < 4.78 is 0. The van der Waals surface area contributed by atoms with Crippen molar-refractivity contribution in [2.24, 2.45) is 0 Å². The molecular formula is C13H17N5OS. The van der Waals surface area contributed by atoms with E-state index in [0.29, 0.717) is 11.9 Å². The first-order valence-corrected chi connectivity index (χ1v) is 7.76. The van der Waals surface area contributed by atoms with E-state index in [2.05, 4.69) is 27.5 Å². The Hall–Kier alpha value is -1.76. The first-order valence-electron chi connectivity index (χ1n) is 6.94. The summed E-state index contributed by atoms with van der Waals surface area (Å²) in [5, 5.41) is 13.8.